The second-order valence-electron chi connectivity index (χ2n) is 16.0. The summed E-state index contributed by atoms with van der Waals surface area (Å²) in [6.07, 6.45) is 9.25. The fourth-order valence-electron chi connectivity index (χ4n) is 6.35. The lowest BCUT2D eigenvalue weighted by Crippen LogP contribution is -2.47. The highest BCUT2D eigenvalue weighted by Gasteiger charge is 2.49. The maximum atomic E-state index is 12.3. The second kappa shape index (κ2) is 15.6. The van der Waals surface area contributed by atoms with Gasteiger partial charge in [-0.15, -0.1) is 0 Å². The molecule has 0 spiro atoms. The lowest BCUT2D eigenvalue weighted by atomic mass is 9.96. The van der Waals surface area contributed by atoms with Gasteiger partial charge in [0.05, 0.1) is 6.61 Å². The SMILES string of the molecule is CC(C)(C)COC(=O)OC1CCC([S+](C2CCC(OC(=O)OC(C)(C)C)CC2)C2CCC(OC(=O)OC(C)(C)C)CC2)CC1. The Morgan fingerprint density at radius 3 is 1.07 bits per heavy atom. The first-order valence-electron chi connectivity index (χ1n) is 16.7. The van der Waals surface area contributed by atoms with E-state index < -0.39 is 29.7 Å². The Kier molecular flexibility index (Phi) is 13.0. The molecule has 10 heteroatoms. The summed E-state index contributed by atoms with van der Waals surface area (Å²) in [5.74, 6) is 0. The third-order valence-corrected chi connectivity index (χ3v) is 11.9. The molecule has 3 rings (SSSR count). The minimum Gasteiger partial charge on any atom is -0.434 e. The van der Waals surface area contributed by atoms with Crippen molar-refractivity contribution in [3.05, 3.63) is 0 Å². The Balaban J connectivity index is 1.58. The number of rotatable bonds is 7. The molecule has 0 saturated heterocycles. The average molecular weight is 644 g/mol. The van der Waals surface area contributed by atoms with Crippen molar-refractivity contribution in [1.82, 2.24) is 0 Å². The highest BCUT2D eigenvalue weighted by Crippen LogP contribution is 2.42. The zero-order valence-corrected chi connectivity index (χ0v) is 29.6. The molecular weight excluding hydrogens is 584 g/mol. The van der Waals surface area contributed by atoms with Crippen LogP contribution in [0.4, 0.5) is 14.4 Å². The summed E-state index contributed by atoms with van der Waals surface area (Å²) < 4.78 is 33.2. The number of ether oxygens (including phenoxy) is 6. The highest BCUT2D eigenvalue weighted by molar-refractivity contribution is 7.98. The maximum Gasteiger partial charge on any atom is 0.509 e. The van der Waals surface area contributed by atoms with Crippen LogP contribution in [0.2, 0.25) is 0 Å². The van der Waals surface area contributed by atoms with Crippen molar-refractivity contribution in [2.75, 3.05) is 6.61 Å². The zero-order chi connectivity index (χ0) is 32.7. The Bertz CT molecular complexity index is 874. The number of carbonyl (C=O) groups excluding carboxylic acids is 3. The van der Waals surface area contributed by atoms with Gasteiger partial charge in [0.2, 0.25) is 0 Å². The van der Waals surface area contributed by atoms with Crippen LogP contribution in [0.25, 0.3) is 0 Å². The van der Waals surface area contributed by atoms with Crippen LogP contribution < -0.4 is 0 Å². The van der Waals surface area contributed by atoms with Gasteiger partial charge < -0.3 is 28.4 Å². The van der Waals surface area contributed by atoms with Crippen molar-refractivity contribution < 1.29 is 42.8 Å². The molecule has 3 aliphatic carbocycles. The Hall–Kier alpha value is -1.84. The molecule has 3 fully saturated rings. The predicted molar refractivity (Wildman–Crippen MR) is 172 cm³/mol. The van der Waals surface area contributed by atoms with Gasteiger partial charge in [0.25, 0.3) is 0 Å². The Morgan fingerprint density at radius 1 is 0.500 bits per heavy atom. The van der Waals surface area contributed by atoms with Gasteiger partial charge in [-0.3, -0.25) is 0 Å². The van der Waals surface area contributed by atoms with Crippen LogP contribution in [-0.4, -0.2) is 70.3 Å². The first-order chi connectivity index (χ1) is 20.4. The largest absolute Gasteiger partial charge is 0.509 e. The standard InChI is InChI=1S/C34H59O9S/c1-32(2,3)22-38-29(35)39-23-10-16-26(17-11-23)44(27-18-12-24(13-19-27)40-30(36)42-33(4,5)6)28-20-14-25(15-21-28)41-31(37)43-34(7,8)9/h23-28H,10-22H2,1-9H3/q+1. The molecule has 0 heterocycles. The first-order valence-corrected chi connectivity index (χ1v) is 18.1. The van der Waals surface area contributed by atoms with Crippen LogP contribution in [0, 0.1) is 5.41 Å². The van der Waals surface area contributed by atoms with E-state index in [1.165, 1.54) is 0 Å². The number of carbonyl (C=O) groups is 3. The van der Waals surface area contributed by atoms with E-state index in [4.69, 9.17) is 28.4 Å². The van der Waals surface area contributed by atoms with Crippen LogP contribution in [0.3, 0.4) is 0 Å². The third-order valence-electron chi connectivity index (χ3n) is 8.21. The van der Waals surface area contributed by atoms with Crippen LogP contribution in [0.5, 0.6) is 0 Å². The van der Waals surface area contributed by atoms with Gasteiger partial charge >= 0.3 is 18.5 Å². The van der Waals surface area contributed by atoms with E-state index in [0.29, 0.717) is 22.4 Å². The number of hydrogen-bond donors (Lipinski definition) is 0. The number of hydrogen-bond acceptors (Lipinski definition) is 9. The molecule has 0 amide bonds. The van der Waals surface area contributed by atoms with Gasteiger partial charge in [-0.2, -0.15) is 0 Å². The lowest BCUT2D eigenvalue weighted by molar-refractivity contribution is -0.0340. The molecule has 0 unspecified atom stereocenters. The summed E-state index contributed by atoms with van der Waals surface area (Å²) in [4.78, 5) is 36.9. The van der Waals surface area contributed by atoms with E-state index in [1.807, 2.05) is 62.3 Å². The predicted octanol–water partition coefficient (Wildman–Crippen LogP) is 8.64. The van der Waals surface area contributed by atoms with E-state index in [1.54, 1.807) is 0 Å². The molecule has 0 aromatic heterocycles. The van der Waals surface area contributed by atoms with E-state index in [0.717, 1.165) is 77.0 Å². The summed E-state index contributed by atoms with van der Waals surface area (Å²) >= 11 is 0. The third kappa shape index (κ3) is 13.3. The normalized spacial score (nSPS) is 29.1. The zero-order valence-electron chi connectivity index (χ0n) is 28.7. The molecule has 9 nitrogen and oxygen atoms in total. The van der Waals surface area contributed by atoms with Gasteiger partial charge in [-0.1, -0.05) is 20.8 Å². The van der Waals surface area contributed by atoms with Crippen LogP contribution >= 0.6 is 0 Å². The quantitative estimate of drug-likeness (QED) is 0.153. The molecule has 3 saturated carbocycles. The summed E-state index contributed by atoms with van der Waals surface area (Å²) in [6.45, 7) is 17.5. The van der Waals surface area contributed by atoms with Crippen molar-refractivity contribution in [2.45, 2.75) is 185 Å². The topological polar surface area (TPSA) is 107 Å². The molecule has 0 radical (unpaired) electrons. The van der Waals surface area contributed by atoms with Crippen LogP contribution in [-0.2, 0) is 39.3 Å². The van der Waals surface area contributed by atoms with Crippen molar-refractivity contribution in [2.24, 2.45) is 5.41 Å². The minimum atomic E-state index is -0.581. The molecule has 44 heavy (non-hydrogen) atoms. The molecule has 3 aliphatic rings. The maximum absolute atomic E-state index is 12.3. The fraction of sp³-hybridized carbons (Fsp3) is 0.912. The van der Waals surface area contributed by atoms with E-state index in [9.17, 15) is 14.4 Å². The minimum absolute atomic E-state index is 0.0971. The molecule has 0 N–H and O–H groups in total. The summed E-state index contributed by atoms with van der Waals surface area (Å²) in [6, 6.07) is 0. The lowest BCUT2D eigenvalue weighted by Gasteiger charge is -2.39. The van der Waals surface area contributed by atoms with Crippen molar-refractivity contribution in [3.8, 4) is 0 Å². The second-order valence-corrected chi connectivity index (χ2v) is 18.8. The molecule has 0 aromatic rings. The molecule has 0 bridgehead atoms. The van der Waals surface area contributed by atoms with E-state index in [-0.39, 0.29) is 34.6 Å². The Morgan fingerprint density at radius 2 is 0.795 bits per heavy atom. The molecule has 0 aromatic carbocycles. The summed E-state index contributed by atoms with van der Waals surface area (Å²) in [5.41, 5.74) is -1.24. The fourth-order valence-corrected chi connectivity index (χ4v) is 10.4. The van der Waals surface area contributed by atoms with E-state index in [2.05, 4.69) is 0 Å². The highest BCUT2D eigenvalue weighted by atomic mass is 32.2. The van der Waals surface area contributed by atoms with Gasteiger partial charge in [-0.05, 0) is 135 Å². The smallest absolute Gasteiger partial charge is 0.434 e. The van der Waals surface area contributed by atoms with Crippen molar-refractivity contribution in [1.29, 1.82) is 0 Å². The van der Waals surface area contributed by atoms with Crippen LogP contribution in [0.1, 0.15) is 139 Å². The van der Waals surface area contributed by atoms with Gasteiger partial charge in [0, 0.05) is 0 Å². The van der Waals surface area contributed by atoms with Crippen LogP contribution in [0.15, 0.2) is 0 Å². The average Bonchev–Trinajstić information content (AvgIpc) is 2.88. The molecule has 0 atom stereocenters. The molecule has 254 valence electrons. The van der Waals surface area contributed by atoms with Gasteiger partial charge in [-0.25, -0.2) is 14.4 Å². The monoisotopic (exact) mass is 643 g/mol. The first kappa shape index (κ1) is 36.6. The van der Waals surface area contributed by atoms with E-state index >= 15 is 0 Å². The van der Waals surface area contributed by atoms with Gasteiger partial charge in [0.15, 0.2) is 0 Å². The molecular formula is C34H59O9S+. The van der Waals surface area contributed by atoms with Crippen molar-refractivity contribution >= 4 is 29.4 Å². The summed E-state index contributed by atoms with van der Waals surface area (Å²) in [7, 11) is 0.171. The summed E-state index contributed by atoms with van der Waals surface area (Å²) in [5, 5.41) is 1.71. The van der Waals surface area contributed by atoms with Gasteiger partial charge in [0.1, 0.15) is 45.3 Å². The Labute approximate surface area is 268 Å². The van der Waals surface area contributed by atoms with Crippen molar-refractivity contribution in [3.63, 3.8) is 0 Å². The molecule has 0 aliphatic heterocycles.